The van der Waals surface area contributed by atoms with Crippen LogP contribution in [0, 0.1) is 0 Å². The molecule has 1 N–H and O–H groups in total. The molecule has 4 rings (SSSR count). The summed E-state index contributed by atoms with van der Waals surface area (Å²) in [6, 6.07) is 18.6. The number of hydrogen-bond donors (Lipinski definition) is 1. The molecule has 0 spiro atoms. The average Bonchev–Trinajstić information content (AvgIpc) is 2.85. The molecular weight excluding hydrogens is 458 g/mol. The Bertz CT molecular complexity index is 1150. The number of amides is 1. The van der Waals surface area contributed by atoms with E-state index in [9.17, 15) is 13.2 Å². The first kappa shape index (κ1) is 23.2. The summed E-state index contributed by atoms with van der Waals surface area (Å²) in [6.45, 7) is 2.05. The second-order valence-electron chi connectivity index (χ2n) is 7.44. The molecule has 1 aromatic carbocycles. The van der Waals surface area contributed by atoms with Gasteiger partial charge >= 0.3 is 0 Å². The van der Waals surface area contributed by atoms with E-state index in [0.29, 0.717) is 31.7 Å². The highest BCUT2D eigenvalue weighted by Gasteiger charge is 2.27. The summed E-state index contributed by atoms with van der Waals surface area (Å²) in [5, 5.41) is 3.59. The predicted octanol–water partition coefficient (Wildman–Crippen LogP) is 2.51. The van der Waals surface area contributed by atoms with Crippen molar-refractivity contribution >= 4 is 33.5 Å². The lowest BCUT2D eigenvalue weighted by molar-refractivity contribution is 0.0956. The number of nitrogens with one attached hydrogen (secondary N) is 1. The maximum absolute atomic E-state index is 12.7. The van der Waals surface area contributed by atoms with Crippen LogP contribution in [0.5, 0.6) is 0 Å². The zero-order chi connectivity index (χ0) is 23.1. The van der Waals surface area contributed by atoms with E-state index in [0.717, 1.165) is 15.7 Å². The summed E-state index contributed by atoms with van der Waals surface area (Å²) in [5.41, 5.74) is 0.488. The van der Waals surface area contributed by atoms with Crippen molar-refractivity contribution in [2.24, 2.45) is 0 Å². The largest absolute Gasteiger partial charge is 0.354 e. The Morgan fingerprint density at radius 3 is 2.24 bits per heavy atom. The molecule has 172 valence electrons. The van der Waals surface area contributed by atoms with E-state index < -0.39 is 10.0 Å². The molecule has 2 aromatic heterocycles. The van der Waals surface area contributed by atoms with Crippen LogP contribution in [-0.2, 0) is 10.0 Å². The zero-order valence-corrected chi connectivity index (χ0v) is 19.6. The van der Waals surface area contributed by atoms with Crippen molar-refractivity contribution in [3.05, 3.63) is 78.6 Å². The minimum absolute atomic E-state index is 0.0616. The first-order valence-corrected chi connectivity index (χ1v) is 13.0. The van der Waals surface area contributed by atoms with Gasteiger partial charge in [0.05, 0.1) is 5.75 Å². The van der Waals surface area contributed by atoms with Crippen molar-refractivity contribution in [3.63, 3.8) is 0 Å². The molecule has 33 heavy (non-hydrogen) atoms. The molecule has 1 aliphatic rings. The number of pyridine rings is 2. The maximum atomic E-state index is 12.7. The Hall–Kier alpha value is -2.95. The lowest BCUT2D eigenvalue weighted by atomic mass is 10.2. The highest BCUT2D eigenvalue weighted by atomic mass is 32.2. The first-order chi connectivity index (χ1) is 16.0. The second-order valence-corrected chi connectivity index (χ2v) is 10.6. The van der Waals surface area contributed by atoms with Crippen LogP contribution in [0.25, 0.3) is 0 Å². The lowest BCUT2D eigenvalue weighted by Gasteiger charge is -2.34. The normalized spacial score (nSPS) is 14.7. The quantitative estimate of drug-likeness (QED) is 0.526. The maximum Gasteiger partial charge on any atom is 0.251 e. The van der Waals surface area contributed by atoms with Crippen LogP contribution in [0.1, 0.15) is 10.4 Å². The molecule has 0 radical (unpaired) electrons. The molecule has 1 amide bonds. The van der Waals surface area contributed by atoms with Crippen LogP contribution >= 0.6 is 11.8 Å². The van der Waals surface area contributed by atoms with Gasteiger partial charge in [-0.05, 0) is 48.5 Å². The van der Waals surface area contributed by atoms with Crippen LogP contribution in [0.4, 0.5) is 5.82 Å². The Labute approximate surface area is 198 Å². The molecule has 3 heterocycles. The van der Waals surface area contributed by atoms with E-state index in [-0.39, 0.29) is 18.2 Å². The molecule has 0 bridgehead atoms. The fraction of sp³-hybridized carbons (Fsp3) is 0.261. The van der Waals surface area contributed by atoms with Crippen LogP contribution < -0.4 is 10.2 Å². The number of aromatic nitrogens is 2. The van der Waals surface area contributed by atoms with Gasteiger partial charge in [-0.15, -0.1) is 0 Å². The lowest BCUT2D eigenvalue weighted by Crippen LogP contribution is -2.50. The highest BCUT2D eigenvalue weighted by molar-refractivity contribution is 7.99. The van der Waals surface area contributed by atoms with E-state index in [1.807, 2.05) is 48.5 Å². The van der Waals surface area contributed by atoms with Crippen molar-refractivity contribution < 1.29 is 13.2 Å². The molecule has 1 aliphatic heterocycles. The van der Waals surface area contributed by atoms with Crippen molar-refractivity contribution in [2.45, 2.75) is 9.92 Å². The third-order valence-electron chi connectivity index (χ3n) is 5.23. The van der Waals surface area contributed by atoms with Crippen LogP contribution in [-0.4, -0.2) is 67.1 Å². The van der Waals surface area contributed by atoms with Crippen molar-refractivity contribution in [2.75, 3.05) is 43.4 Å². The number of benzene rings is 1. The monoisotopic (exact) mass is 483 g/mol. The van der Waals surface area contributed by atoms with Crippen LogP contribution in [0.3, 0.4) is 0 Å². The molecule has 0 atom stereocenters. The molecule has 3 aromatic rings. The van der Waals surface area contributed by atoms with Gasteiger partial charge < -0.3 is 10.2 Å². The van der Waals surface area contributed by atoms with Crippen LogP contribution in [0.15, 0.2) is 83.0 Å². The Morgan fingerprint density at radius 2 is 1.61 bits per heavy atom. The van der Waals surface area contributed by atoms with Gasteiger partial charge in [-0.2, -0.15) is 4.31 Å². The van der Waals surface area contributed by atoms with Gasteiger partial charge in [-0.25, -0.2) is 18.4 Å². The fourth-order valence-corrected chi connectivity index (χ4v) is 5.58. The summed E-state index contributed by atoms with van der Waals surface area (Å²) < 4.78 is 26.9. The Morgan fingerprint density at radius 1 is 0.909 bits per heavy atom. The zero-order valence-electron chi connectivity index (χ0n) is 18.0. The van der Waals surface area contributed by atoms with Crippen LogP contribution in [0.2, 0.25) is 0 Å². The third-order valence-corrected chi connectivity index (χ3v) is 8.06. The molecule has 10 heteroatoms. The number of nitrogens with zero attached hydrogens (tertiary/aromatic N) is 4. The number of piperazine rings is 1. The molecule has 0 unspecified atom stereocenters. The minimum atomic E-state index is -3.45. The van der Waals surface area contributed by atoms with E-state index in [2.05, 4.69) is 20.2 Å². The summed E-state index contributed by atoms with van der Waals surface area (Å²) >= 11 is 1.51. The van der Waals surface area contributed by atoms with Gasteiger partial charge in [0.2, 0.25) is 10.0 Å². The van der Waals surface area contributed by atoms with Gasteiger partial charge in [0.1, 0.15) is 10.8 Å². The van der Waals surface area contributed by atoms with E-state index >= 15 is 0 Å². The minimum Gasteiger partial charge on any atom is -0.354 e. The molecule has 8 nitrogen and oxygen atoms in total. The third kappa shape index (κ3) is 6.31. The van der Waals surface area contributed by atoms with Crippen molar-refractivity contribution in [3.8, 4) is 0 Å². The van der Waals surface area contributed by atoms with Gasteiger partial charge in [-0.1, -0.05) is 23.9 Å². The molecule has 0 aliphatic carbocycles. The Kier molecular flexibility index (Phi) is 7.58. The molecule has 1 saturated heterocycles. The standard InChI is InChI=1S/C23H25N5O3S2/c29-23(19-7-9-20(10-8-19)32-22-6-2-4-12-25-22)26-13-18-33(30,31)28-16-14-27(15-17-28)21-5-1-3-11-24-21/h1-12H,13-18H2,(H,26,29). The number of anilines is 1. The molecule has 0 saturated carbocycles. The number of carbonyl (C=O) groups is 1. The van der Waals surface area contributed by atoms with E-state index in [4.69, 9.17) is 0 Å². The molecular formula is C23H25N5O3S2. The SMILES string of the molecule is O=C(NCCS(=O)(=O)N1CCN(c2ccccn2)CC1)c1ccc(Sc2ccccn2)cc1. The second kappa shape index (κ2) is 10.8. The number of carbonyl (C=O) groups excluding carboxylic acids is 1. The van der Waals surface area contributed by atoms with Gasteiger partial charge in [0.15, 0.2) is 0 Å². The average molecular weight is 484 g/mol. The van der Waals surface area contributed by atoms with Crippen molar-refractivity contribution in [1.82, 2.24) is 19.6 Å². The smallest absolute Gasteiger partial charge is 0.251 e. The summed E-state index contributed by atoms with van der Waals surface area (Å²) in [6.07, 6.45) is 3.46. The highest BCUT2D eigenvalue weighted by Crippen LogP contribution is 2.25. The topological polar surface area (TPSA) is 95.5 Å². The number of rotatable bonds is 8. The molecule has 1 fully saturated rings. The number of sulfonamides is 1. The first-order valence-electron chi connectivity index (χ1n) is 10.6. The van der Waals surface area contributed by atoms with Gasteiger partial charge in [0, 0.05) is 55.6 Å². The summed E-state index contributed by atoms with van der Waals surface area (Å²) in [7, 11) is -3.45. The summed E-state index contributed by atoms with van der Waals surface area (Å²) in [4.78, 5) is 24.1. The Balaban J connectivity index is 1.23. The number of hydrogen-bond acceptors (Lipinski definition) is 7. The van der Waals surface area contributed by atoms with Gasteiger partial charge in [-0.3, -0.25) is 4.79 Å². The predicted molar refractivity (Wildman–Crippen MR) is 129 cm³/mol. The van der Waals surface area contributed by atoms with Crippen molar-refractivity contribution in [1.29, 1.82) is 0 Å². The summed E-state index contributed by atoms with van der Waals surface area (Å²) in [5.74, 6) is 0.432. The van der Waals surface area contributed by atoms with E-state index in [1.165, 1.54) is 16.1 Å². The van der Waals surface area contributed by atoms with E-state index in [1.54, 1.807) is 24.5 Å². The fourth-order valence-electron chi connectivity index (χ4n) is 3.46. The van der Waals surface area contributed by atoms with Gasteiger partial charge in [0.25, 0.3) is 5.91 Å².